The fraction of sp³-hybridized carbons (Fsp3) is 0.235. The van der Waals surface area contributed by atoms with Gasteiger partial charge in [-0.1, -0.05) is 42.5 Å². The van der Waals surface area contributed by atoms with Crippen LogP contribution in [0.25, 0.3) is 0 Å². The van der Waals surface area contributed by atoms with Crippen molar-refractivity contribution in [3.63, 3.8) is 0 Å². The molecule has 2 rings (SSSR count). The standard InChI is InChI=1S/C17H19NO3/c1-13(15-8-10-16(20-2)11-9-15)18-17(19)21-12-14-6-4-3-5-7-14/h3-11,13H,12H2,1-2H3,(H,18,19). The van der Waals surface area contributed by atoms with Gasteiger partial charge in [-0.25, -0.2) is 4.79 Å². The van der Waals surface area contributed by atoms with Gasteiger partial charge in [0.1, 0.15) is 12.4 Å². The van der Waals surface area contributed by atoms with E-state index in [4.69, 9.17) is 9.47 Å². The molecule has 0 aromatic heterocycles. The fourth-order valence-electron chi connectivity index (χ4n) is 1.92. The number of hydrogen-bond acceptors (Lipinski definition) is 3. The maximum Gasteiger partial charge on any atom is 0.407 e. The normalized spacial score (nSPS) is 11.5. The molecule has 0 fully saturated rings. The number of ether oxygens (including phenoxy) is 2. The first-order chi connectivity index (χ1) is 10.2. The van der Waals surface area contributed by atoms with Crippen LogP contribution in [0.5, 0.6) is 5.75 Å². The van der Waals surface area contributed by atoms with Crippen molar-refractivity contribution in [2.75, 3.05) is 7.11 Å². The third kappa shape index (κ3) is 4.53. The van der Waals surface area contributed by atoms with Crippen molar-refractivity contribution in [2.24, 2.45) is 0 Å². The van der Waals surface area contributed by atoms with Crippen LogP contribution in [-0.2, 0) is 11.3 Å². The highest BCUT2D eigenvalue weighted by Gasteiger charge is 2.10. The second-order valence-electron chi connectivity index (χ2n) is 4.70. The van der Waals surface area contributed by atoms with E-state index < -0.39 is 6.09 Å². The number of benzene rings is 2. The first-order valence-electron chi connectivity index (χ1n) is 6.80. The second-order valence-corrected chi connectivity index (χ2v) is 4.70. The Morgan fingerprint density at radius 2 is 1.76 bits per heavy atom. The van der Waals surface area contributed by atoms with Crippen molar-refractivity contribution in [2.45, 2.75) is 19.6 Å². The second kappa shape index (κ2) is 7.33. The molecule has 2 aromatic carbocycles. The van der Waals surface area contributed by atoms with Gasteiger partial charge in [0.05, 0.1) is 13.2 Å². The summed E-state index contributed by atoms with van der Waals surface area (Å²) in [5.74, 6) is 0.789. The number of carbonyl (C=O) groups is 1. The Labute approximate surface area is 124 Å². The number of nitrogens with one attached hydrogen (secondary N) is 1. The quantitative estimate of drug-likeness (QED) is 0.911. The summed E-state index contributed by atoms with van der Waals surface area (Å²) in [6, 6.07) is 17.0. The molecule has 0 aliphatic rings. The van der Waals surface area contributed by atoms with E-state index in [2.05, 4.69) is 5.32 Å². The summed E-state index contributed by atoms with van der Waals surface area (Å²) >= 11 is 0. The molecule has 0 bridgehead atoms. The highest BCUT2D eigenvalue weighted by atomic mass is 16.5. The van der Waals surface area contributed by atoms with Crippen LogP contribution >= 0.6 is 0 Å². The molecule has 1 atom stereocenters. The van der Waals surface area contributed by atoms with Crippen LogP contribution in [0.15, 0.2) is 54.6 Å². The Bertz CT molecular complexity index is 566. The van der Waals surface area contributed by atoms with Crippen molar-refractivity contribution in [3.05, 3.63) is 65.7 Å². The van der Waals surface area contributed by atoms with Gasteiger partial charge in [-0.2, -0.15) is 0 Å². The van der Waals surface area contributed by atoms with Gasteiger partial charge in [0.15, 0.2) is 0 Å². The molecule has 1 N–H and O–H groups in total. The zero-order valence-electron chi connectivity index (χ0n) is 12.2. The topological polar surface area (TPSA) is 47.6 Å². The Balaban J connectivity index is 1.83. The zero-order chi connectivity index (χ0) is 15.1. The van der Waals surface area contributed by atoms with Crippen LogP contribution in [0.4, 0.5) is 4.79 Å². The van der Waals surface area contributed by atoms with Crippen LogP contribution in [0.3, 0.4) is 0 Å². The minimum absolute atomic E-state index is 0.126. The third-order valence-electron chi connectivity index (χ3n) is 3.16. The van der Waals surface area contributed by atoms with Crippen molar-refractivity contribution in [1.29, 1.82) is 0 Å². The van der Waals surface area contributed by atoms with E-state index in [-0.39, 0.29) is 12.6 Å². The summed E-state index contributed by atoms with van der Waals surface area (Å²) in [5, 5.41) is 2.80. The smallest absolute Gasteiger partial charge is 0.407 e. The minimum atomic E-state index is -0.429. The zero-order valence-corrected chi connectivity index (χ0v) is 12.2. The van der Waals surface area contributed by atoms with E-state index in [1.807, 2.05) is 61.5 Å². The van der Waals surface area contributed by atoms with Gasteiger partial charge in [0, 0.05) is 0 Å². The van der Waals surface area contributed by atoms with E-state index in [1.54, 1.807) is 7.11 Å². The molecule has 110 valence electrons. The molecular formula is C17H19NO3. The summed E-state index contributed by atoms with van der Waals surface area (Å²) in [4.78, 5) is 11.8. The number of amides is 1. The molecule has 1 amide bonds. The predicted octanol–water partition coefficient (Wildman–Crippen LogP) is 3.68. The molecule has 1 unspecified atom stereocenters. The van der Waals surface area contributed by atoms with Crippen LogP contribution in [0.2, 0.25) is 0 Å². The first kappa shape index (κ1) is 14.9. The molecule has 0 radical (unpaired) electrons. The summed E-state index contributed by atoms with van der Waals surface area (Å²) < 4.78 is 10.3. The summed E-state index contributed by atoms with van der Waals surface area (Å²) in [6.07, 6.45) is -0.429. The average Bonchev–Trinajstić information content (AvgIpc) is 2.54. The van der Waals surface area contributed by atoms with E-state index in [0.29, 0.717) is 0 Å². The van der Waals surface area contributed by atoms with Gasteiger partial charge in [0.2, 0.25) is 0 Å². The van der Waals surface area contributed by atoms with Crippen LogP contribution in [0.1, 0.15) is 24.1 Å². The van der Waals surface area contributed by atoms with Crippen LogP contribution < -0.4 is 10.1 Å². The predicted molar refractivity (Wildman–Crippen MR) is 81.2 cm³/mol. The first-order valence-corrected chi connectivity index (χ1v) is 6.80. The summed E-state index contributed by atoms with van der Waals surface area (Å²) in [5.41, 5.74) is 1.96. The van der Waals surface area contributed by atoms with E-state index >= 15 is 0 Å². The highest BCUT2D eigenvalue weighted by molar-refractivity contribution is 5.67. The number of hydrogen-bond donors (Lipinski definition) is 1. The van der Waals surface area contributed by atoms with Crippen molar-refractivity contribution >= 4 is 6.09 Å². The van der Waals surface area contributed by atoms with Crippen molar-refractivity contribution in [1.82, 2.24) is 5.32 Å². The minimum Gasteiger partial charge on any atom is -0.497 e. The number of carbonyl (C=O) groups excluding carboxylic acids is 1. The van der Waals surface area contributed by atoms with Gasteiger partial charge in [0.25, 0.3) is 0 Å². The molecule has 0 aliphatic heterocycles. The van der Waals surface area contributed by atoms with Gasteiger partial charge in [-0.05, 0) is 30.2 Å². The SMILES string of the molecule is COc1ccc(C(C)NC(=O)OCc2ccccc2)cc1. The molecule has 2 aromatic rings. The number of rotatable bonds is 5. The van der Waals surface area contributed by atoms with Gasteiger partial charge >= 0.3 is 6.09 Å². The molecule has 0 saturated heterocycles. The summed E-state index contributed by atoms with van der Waals surface area (Å²) in [7, 11) is 1.62. The van der Waals surface area contributed by atoms with Crippen molar-refractivity contribution < 1.29 is 14.3 Å². The molecule has 4 heteroatoms. The lowest BCUT2D eigenvalue weighted by Crippen LogP contribution is -2.27. The molecule has 0 aliphatic carbocycles. The monoisotopic (exact) mass is 285 g/mol. The van der Waals surface area contributed by atoms with Crippen molar-refractivity contribution in [3.8, 4) is 5.75 Å². The number of alkyl carbamates (subject to hydrolysis) is 1. The Hall–Kier alpha value is -2.49. The Morgan fingerprint density at radius 3 is 2.38 bits per heavy atom. The lowest BCUT2D eigenvalue weighted by atomic mass is 10.1. The maximum atomic E-state index is 11.8. The third-order valence-corrected chi connectivity index (χ3v) is 3.16. The van der Waals surface area contributed by atoms with Gasteiger partial charge in [-0.15, -0.1) is 0 Å². The molecule has 0 saturated carbocycles. The maximum absolute atomic E-state index is 11.8. The highest BCUT2D eigenvalue weighted by Crippen LogP contribution is 2.17. The summed E-state index contributed by atoms with van der Waals surface area (Å²) in [6.45, 7) is 2.17. The molecule has 0 spiro atoms. The molecule has 0 heterocycles. The van der Waals surface area contributed by atoms with E-state index in [0.717, 1.165) is 16.9 Å². The van der Waals surface area contributed by atoms with E-state index in [1.165, 1.54) is 0 Å². The van der Waals surface area contributed by atoms with Crippen LogP contribution in [0, 0.1) is 0 Å². The average molecular weight is 285 g/mol. The van der Waals surface area contributed by atoms with Crippen LogP contribution in [-0.4, -0.2) is 13.2 Å². The van der Waals surface area contributed by atoms with E-state index in [9.17, 15) is 4.79 Å². The largest absolute Gasteiger partial charge is 0.497 e. The molecule has 21 heavy (non-hydrogen) atoms. The number of methoxy groups -OCH3 is 1. The molecular weight excluding hydrogens is 266 g/mol. The Morgan fingerprint density at radius 1 is 1.10 bits per heavy atom. The lowest BCUT2D eigenvalue weighted by Gasteiger charge is -2.14. The molecule has 4 nitrogen and oxygen atoms in total. The van der Waals surface area contributed by atoms with Gasteiger partial charge < -0.3 is 14.8 Å². The Kier molecular flexibility index (Phi) is 5.21. The fourth-order valence-corrected chi connectivity index (χ4v) is 1.92. The lowest BCUT2D eigenvalue weighted by molar-refractivity contribution is 0.136. The van der Waals surface area contributed by atoms with Gasteiger partial charge in [-0.3, -0.25) is 0 Å².